The zero-order chi connectivity index (χ0) is 19.0. The lowest BCUT2D eigenvalue weighted by molar-refractivity contribution is -0.116. The second-order valence-electron chi connectivity index (χ2n) is 6.57. The number of benzene rings is 1. The van der Waals surface area contributed by atoms with Gasteiger partial charge in [-0.3, -0.25) is 14.2 Å². The van der Waals surface area contributed by atoms with Gasteiger partial charge in [0.1, 0.15) is 11.4 Å². The molecule has 0 atom stereocenters. The standard InChI is InChI=1S/C19H17Cl2N3O2S/c20-12-6-4-7-13(21)17(12)23-15(25)9-24-10-22-18-16(19(24)26)11-5-2-1-3-8-14(11)27-18/h4,6-7,10H,1-3,5,8-9H2,(H,23,25). The number of aromatic nitrogens is 2. The van der Waals surface area contributed by atoms with E-state index in [0.717, 1.165) is 36.1 Å². The number of nitrogens with zero attached hydrogens (tertiary/aromatic N) is 2. The molecule has 2 aromatic heterocycles. The number of rotatable bonds is 3. The minimum atomic E-state index is -0.380. The molecule has 0 radical (unpaired) electrons. The third-order valence-corrected chi connectivity index (χ3v) is 6.56. The molecule has 0 spiro atoms. The summed E-state index contributed by atoms with van der Waals surface area (Å²) < 4.78 is 1.35. The van der Waals surface area contributed by atoms with Crippen molar-refractivity contribution in [3.63, 3.8) is 0 Å². The third-order valence-electron chi connectivity index (χ3n) is 4.73. The van der Waals surface area contributed by atoms with Gasteiger partial charge in [0.15, 0.2) is 0 Å². The Labute approximate surface area is 169 Å². The van der Waals surface area contributed by atoms with Gasteiger partial charge in [0, 0.05) is 4.88 Å². The predicted molar refractivity (Wildman–Crippen MR) is 110 cm³/mol. The van der Waals surface area contributed by atoms with Crippen LogP contribution in [0.25, 0.3) is 10.2 Å². The Hall–Kier alpha value is -1.89. The van der Waals surface area contributed by atoms with Crippen LogP contribution in [0.3, 0.4) is 0 Å². The number of hydrogen-bond acceptors (Lipinski definition) is 4. The van der Waals surface area contributed by atoms with Gasteiger partial charge in [-0.2, -0.15) is 0 Å². The average Bonchev–Trinajstić information content (AvgIpc) is 2.83. The summed E-state index contributed by atoms with van der Waals surface area (Å²) in [4.78, 5) is 31.9. The van der Waals surface area contributed by atoms with Crippen molar-refractivity contribution in [3.05, 3.63) is 55.4 Å². The van der Waals surface area contributed by atoms with Crippen molar-refractivity contribution in [1.29, 1.82) is 0 Å². The molecular weight excluding hydrogens is 405 g/mol. The van der Waals surface area contributed by atoms with Gasteiger partial charge in [-0.15, -0.1) is 11.3 Å². The van der Waals surface area contributed by atoms with Gasteiger partial charge in [-0.25, -0.2) is 4.98 Å². The van der Waals surface area contributed by atoms with Crippen LogP contribution in [0.2, 0.25) is 10.0 Å². The minimum absolute atomic E-state index is 0.145. The van der Waals surface area contributed by atoms with Crippen LogP contribution in [0.15, 0.2) is 29.3 Å². The topological polar surface area (TPSA) is 64.0 Å². The minimum Gasteiger partial charge on any atom is -0.322 e. The monoisotopic (exact) mass is 421 g/mol. The zero-order valence-corrected chi connectivity index (χ0v) is 16.8. The summed E-state index contributed by atoms with van der Waals surface area (Å²) >= 11 is 13.8. The molecule has 0 aliphatic heterocycles. The summed E-state index contributed by atoms with van der Waals surface area (Å²) in [5, 5.41) is 4.04. The maximum Gasteiger partial charge on any atom is 0.262 e. The number of halogens is 2. The third kappa shape index (κ3) is 3.61. The predicted octanol–water partition coefficient (Wildman–Crippen LogP) is 4.67. The van der Waals surface area contributed by atoms with E-state index in [9.17, 15) is 9.59 Å². The number of nitrogens with one attached hydrogen (secondary N) is 1. The molecule has 140 valence electrons. The number of fused-ring (bicyclic) bond motifs is 3. The largest absolute Gasteiger partial charge is 0.322 e. The molecular formula is C19H17Cl2N3O2S. The van der Waals surface area contributed by atoms with Gasteiger partial charge < -0.3 is 5.32 Å². The molecule has 1 aromatic carbocycles. The van der Waals surface area contributed by atoms with Crippen LogP contribution < -0.4 is 10.9 Å². The number of hydrogen-bond donors (Lipinski definition) is 1. The fourth-order valence-corrected chi connectivity index (χ4v) is 5.13. The number of para-hydroxylation sites is 1. The quantitative estimate of drug-likeness (QED) is 0.624. The molecule has 0 saturated carbocycles. The molecule has 0 unspecified atom stereocenters. The van der Waals surface area contributed by atoms with Crippen molar-refractivity contribution in [3.8, 4) is 0 Å². The number of carbonyl (C=O) groups is 1. The molecule has 2 heterocycles. The van der Waals surface area contributed by atoms with E-state index in [1.165, 1.54) is 22.2 Å². The summed E-state index contributed by atoms with van der Waals surface area (Å²) in [5.41, 5.74) is 1.30. The lowest BCUT2D eigenvalue weighted by Gasteiger charge is -2.10. The Balaban J connectivity index is 1.64. The normalized spacial score (nSPS) is 14.0. The van der Waals surface area contributed by atoms with Gasteiger partial charge in [0.25, 0.3) is 5.56 Å². The highest BCUT2D eigenvalue weighted by Crippen LogP contribution is 2.33. The van der Waals surface area contributed by atoms with Gasteiger partial charge >= 0.3 is 0 Å². The van der Waals surface area contributed by atoms with E-state index in [2.05, 4.69) is 10.3 Å². The van der Waals surface area contributed by atoms with Crippen LogP contribution in [-0.4, -0.2) is 15.5 Å². The highest BCUT2D eigenvalue weighted by Gasteiger charge is 2.20. The molecule has 5 nitrogen and oxygen atoms in total. The smallest absolute Gasteiger partial charge is 0.262 e. The Bertz CT molecular complexity index is 1070. The first-order valence-corrected chi connectivity index (χ1v) is 10.4. The van der Waals surface area contributed by atoms with Crippen LogP contribution in [0.5, 0.6) is 0 Å². The van der Waals surface area contributed by atoms with E-state index in [1.54, 1.807) is 29.5 Å². The molecule has 27 heavy (non-hydrogen) atoms. The summed E-state index contributed by atoms with van der Waals surface area (Å²) in [6.45, 7) is -0.145. The van der Waals surface area contributed by atoms with Crippen molar-refractivity contribution in [2.45, 2.75) is 38.6 Å². The van der Waals surface area contributed by atoms with Crippen LogP contribution in [-0.2, 0) is 24.2 Å². The molecule has 0 bridgehead atoms. The van der Waals surface area contributed by atoms with E-state index in [0.29, 0.717) is 21.1 Å². The Kier molecular flexibility index (Phi) is 5.21. The Morgan fingerprint density at radius 1 is 1.19 bits per heavy atom. The summed E-state index contributed by atoms with van der Waals surface area (Å²) in [5.74, 6) is -0.380. The number of thiophene rings is 1. The number of amides is 1. The molecule has 8 heteroatoms. The summed E-state index contributed by atoms with van der Waals surface area (Å²) in [7, 11) is 0. The molecule has 1 N–H and O–H groups in total. The van der Waals surface area contributed by atoms with Crippen molar-refractivity contribution in [1.82, 2.24) is 9.55 Å². The van der Waals surface area contributed by atoms with Gasteiger partial charge in [-0.1, -0.05) is 35.7 Å². The van der Waals surface area contributed by atoms with Gasteiger partial charge in [-0.05, 0) is 43.4 Å². The van der Waals surface area contributed by atoms with Gasteiger partial charge in [0.2, 0.25) is 5.91 Å². The molecule has 1 aliphatic carbocycles. The highest BCUT2D eigenvalue weighted by molar-refractivity contribution is 7.18. The zero-order valence-electron chi connectivity index (χ0n) is 14.4. The van der Waals surface area contributed by atoms with Crippen molar-refractivity contribution in [2.75, 3.05) is 5.32 Å². The van der Waals surface area contributed by atoms with E-state index in [4.69, 9.17) is 23.2 Å². The maximum atomic E-state index is 13.0. The second kappa shape index (κ2) is 7.62. The number of carbonyl (C=O) groups excluding carboxylic acids is 1. The molecule has 1 amide bonds. The van der Waals surface area contributed by atoms with E-state index in [-0.39, 0.29) is 18.0 Å². The first-order chi connectivity index (χ1) is 13.0. The number of anilines is 1. The summed E-state index contributed by atoms with van der Waals surface area (Å²) in [6, 6.07) is 4.98. The average molecular weight is 422 g/mol. The first kappa shape index (κ1) is 18.5. The molecule has 4 rings (SSSR count). The van der Waals surface area contributed by atoms with E-state index >= 15 is 0 Å². The first-order valence-electron chi connectivity index (χ1n) is 8.78. The molecule has 1 aliphatic rings. The second-order valence-corrected chi connectivity index (χ2v) is 8.47. The van der Waals surface area contributed by atoms with Crippen molar-refractivity contribution >= 4 is 56.3 Å². The van der Waals surface area contributed by atoms with Crippen LogP contribution in [0.1, 0.15) is 29.7 Å². The fraction of sp³-hybridized carbons (Fsp3) is 0.316. The Morgan fingerprint density at radius 2 is 1.93 bits per heavy atom. The lowest BCUT2D eigenvalue weighted by atomic mass is 10.1. The van der Waals surface area contributed by atoms with Crippen molar-refractivity contribution in [2.24, 2.45) is 0 Å². The number of aryl methyl sites for hydroxylation is 2. The molecule has 3 aromatic rings. The fourth-order valence-electron chi connectivity index (χ4n) is 3.42. The van der Waals surface area contributed by atoms with Crippen molar-refractivity contribution < 1.29 is 4.79 Å². The van der Waals surface area contributed by atoms with Crippen LogP contribution in [0.4, 0.5) is 5.69 Å². The SMILES string of the molecule is O=C(Cn1cnc2sc3c(c2c1=O)CCCCC3)Nc1c(Cl)cccc1Cl. The van der Waals surface area contributed by atoms with E-state index in [1.807, 2.05) is 0 Å². The lowest BCUT2D eigenvalue weighted by Crippen LogP contribution is -2.28. The van der Waals surface area contributed by atoms with Crippen LogP contribution >= 0.6 is 34.5 Å². The molecule has 0 fully saturated rings. The van der Waals surface area contributed by atoms with E-state index < -0.39 is 0 Å². The summed E-state index contributed by atoms with van der Waals surface area (Å²) in [6.07, 6.45) is 6.75. The maximum absolute atomic E-state index is 13.0. The van der Waals surface area contributed by atoms with Crippen LogP contribution in [0, 0.1) is 0 Å². The van der Waals surface area contributed by atoms with Gasteiger partial charge in [0.05, 0.1) is 27.4 Å². The Morgan fingerprint density at radius 3 is 2.70 bits per heavy atom. The highest BCUT2D eigenvalue weighted by atomic mass is 35.5. The molecule has 0 saturated heterocycles.